The first-order valence-corrected chi connectivity index (χ1v) is 8.73. The summed E-state index contributed by atoms with van der Waals surface area (Å²) >= 11 is 0. The molecule has 0 bridgehead atoms. The fourth-order valence-corrected chi connectivity index (χ4v) is 3.59. The van der Waals surface area contributed by atoms with E-state index in [1.54, 1.807) is 30.3 Å². The highest BCUT2D eigenvalue weighted by molar-refractivity contribution is 7.94. The second kappa shape index (κ2) is 6.26. The van der Waals surface area contributed by atoms with E-state index in [9.17, 15) is 23.6 Å². The highest BCUT2D eigenvalue weighted by Crippen LogP contribution is 2.29. The first kappa shape index (κ1) is 16.5. The van der Waals surface area contributed by atoms with Crippen LogP contribution >= 0.6 is 0 Å². The molecule has 1 heterocycles. The quantitative estimate of drug-likeness (QED) is 0.652. The number of nitriles is 1. The van der Waals surface area contributed by atoms with Crippen LogP contribution in [0.2, 0.25) is 0 Å². The summed E-state index contributed by atoms with van der Waals surface area (Å²) in [4.78, 5) is 12.4. The van der Waals surface area contributed by atoms with Crippen molar-refractivity contribution in [3.05, 3.63) is 64.6 Å². The van der Waals surface area contributed by atoms with Crippen LogP contribution < -0.4 is 5.32 Å². The minimum Gasteiger partial charge on any atom is -0.508 e. The molecule has 0 atom stereocenters. The molecule has 0 spiro atoms. The van der Waals surface area contributed by atoms with Gasteiger partial charge in [-0.3, -0.25) is 4.79 Å². The van der Waals surface area contributed by atoms with E-state index in [2.05, 4.69) is 5.32 Å². The van der Waals surface area contributed by atoms with Gasteiger partial charge in [0.2, 0.25) is 9.84 Å². The van der Waals surface area contributed by atoms with Crippen LogP contribution in [0.4, 0.5) is 5.69 Å². The Balaban J connectivity index is 1.86. The standard InChI is InChI=1S/C18H12N2O4S/c19-11-14(8-12-2-1-3-16(21)9-12)18(22)20-15-5-4-13-6-7-25(23,24)17(13)10-15/h1-10,21H,(H,20,22)/b14-8+. The van der Waals surface area contributed by atoms with E-state index in [1.807, 2.05) is 0 Å². The molecule has 3 rings (SSSR count). The van der Waals surface area contributed by atoms with Crippen LogP contribution in [0.15, 0.2) is 58.3 Å². The van der Waals surface area contributed by atoms with E-state index in [0.29, 0.717) is 11.1 Å². The number of sulfone groups is 1. The first-order valence-electron chi connectivity index (χ1n) is 7.18. The van der Waals surface area contributed by atoms with Gasteiger partial charge in [-0.1, -0.05) is 18.2 Å². The van der Waals surface area contributed by atoms with E-state index < -0.39 is 15.7 Å². The number of anilines is 1. The number of phenolic OH excluding ortho intramolecular Hbond substituents is 1. The number of amides is 1. The van der Waals surface area contributed by atoms with Crippen molar-refractivity contribution in [2.45, 2.75) is 4.90 Å². The Morgan fingerprint density at radius 3 is 2.72 bits per heavy atom. The van der Waals surface area contributed by atoms with Crippen LogP contribution in [0.1, 0.15) is 11.1 Å². The van der Waals surface area contributed by atoms with Crippen LogP contribution in [-0.4, -0.2) is 19.4 Å². The van der Waals surface area contributed by atoms with Crippen molar-refractivity contribution >= 4 is 33.6 Å². The Kier molecular flexibility index (Phi) is 4.13. The summed E-state index contributed by atoms with van der Waals surface area (Å²) in [6.07, 6.45) is 2.82. The minimum absolute atomic E-state index is 0.0165. The number of fused-ring (bicyclic) bond motifs is 1. The highest BCUT2D eigenvalue weighted by Gasteiger charge is 2.21. The van der Waals surface area contributed by atoms with E-state index in [0.717, 1.165) is 5.41 Å². The molecule has 1 amide bonds. The molecule has 1 aliphatic rings. The largest absolute Gasteiger partial charge is 0.508 e. The molecule has 0 aromatic heterocycles. The van der Waals surface area contributed by atoms with Gasteiger partial charge in [0.05, 0.1) is 4.90 Å². The summed E-state index contributed by atoms with van der Waals surface area (Å²) in [6.45, 7) is 0. The van der Waals surface area contributed by atoms with Gasteiger partial charge in [0, 0.05) is 11.1 Å². The van der Waals surface area contributed by atoms with Crippen LogP contribution in [0, 0.1) is 11.3 Å². The molecule has 7 heteroatoms. The van der Waals surface area contributed by atoms with Crippen molar-refractivity contribution < 1.29 is 18.3 Å². The third kappa shape index (κ3) is 3.44. The molecule has 0 saturated carbocycles. The molecule has 6 nitrogen and oxygen atoms in total. The zero-order valence-corrected chi connectivity index (χ0v) is 13.6. The molecule has 0 unspecified atom stereocenters. The lowest BCUT2D eigenvalue weighted by Crippen LogP contribution is -2.13. The van der Waals surface area contributed by atoms with Gasteiger partial charge in [0.15, 0.2) is 0 Å². The van der Waals surface area contributed by atoms with Crippen LogP contribution in [0.3, 0.4) is 0 Å². The molecule has 2 aromatic rings. The van der Waals surface area contributed by atoms with E-state index in [-0.39, 0.29) is 21.9 Å². The zero-order chi connectivity index (χ0) is 18.0. The second-order valence-corrected chi connectivity index (χ2v) is 7.12. The van der Waals surface area contributed by atoms with Gasteiger partial charge < -0.3 is 10.4 Å². The van der Waals surface area contributed by atoms with E-state index >= 15 is 0 Å². The number of nitrogens with zero attached hydrogens (tertiary/aromatic N) is 1. The Morgan fingerprint density at radius 1 is 1.20 bits per heavy atom. The van der Waals surface area contributed by atoms with Gasteiger partial charge in [-0.15, -0.1) is 0 Å². The highest BCUT2D eigenvalue weighted by atomic mass is 32.2. The van der Waals surface area contributed by atoms with Crippen molar-refractivity contribution in [3.63, 3.8) is 0 Å². The molecule has 0 fully saturated rings. The lowest BCUT2D eigenvalue weighted by molar-refractivity contribution is -0.112. The molecule has 2 aromatic carbocycles. The number of hydrogen-bond acceptors (Lipinski definition) is 5. The fraction of sp³-hybridized carbons (Fsp3) is 0. The van der Waals surface area contributed by atoms with Crippen molar-refractivity contribution in [1.82, 2.24) is 0 Å². The minimum atomic E-state index is -3.48. The summed E-state index contributed by atoms with van der Waals surface area (Å²) < 4.78 is 23.7. The Morgan fingerprint density at radius 2 is 2.00 bits per heavy atom. The number of phenols is 1. The van der Waals surface area contributed by atoms with Crippen LogP contribution in [0.25, 0.3) is 12.2 Å². The molecule has 25 heavy (non-hydrogen) atoms. The zero-order valence-electron chi connectivity index (χ0n) is 12.8. The van der Waals surface area contributed by atoms with Gasteiger partial charge in [-0.05, 0) is 47.5 Å². The Bertz CT molecular complexity index is 1080. The molecule has 0 aliphatic carbocycles. The van der Waals surface area contributed by atoms with Crippen molar-refractivity contribution in [1.29, 1.82) is 5.26 Å². The van der Waals surface area contributed by atoms with Crippen molar-refractivity contribution in [2.75, 3.05) is 5.32 Å². The first-order chi connectivity index (χ1) is 11.9. The van der Waals surface area contributed by atoms with Gasteiger partial charge in [-0.2, -0.15) is 5.26 Å². The Labute approximate surface area is 144 Å². The summed E-state index contributed by atoms with van der Waals surface area (Å²) in [6, 6.07) is 12.4. The number of benzene rings is 2. The molecule has 124 valence electrons. The van der Waals surface area contributed by atoms with Crippen molar-refractivity contribution in [2.24, 2.45) is 0 Å². The average molecular weight is 352 g/mol. The molecule has 2 N–H and O–H groups in total. The molecular weight excluding hydrogens is 340 g/mol. The Hall–Kier alpha value is -3.37. The monoisotopic (exact) mass is 352 g/mol. The third-order valence-corrected chi connectivity index (χ3v) is 5.01. The maximum atomic E-state index is 12.3. The maximum absolute atomic E-state index is 12.3. The molecular formula is C18H12N2O4S. The lowest BCUT2D eigenvalue weighted by atomic mass is 10.1. The number of aromatic hydroxyl groups is 1. The molecule has 0 radical (unpaired) electrons. The maximum Gasteiger partial charge on any atom is 0.266 e. The second-order valence-electron chi connectivity index (χ2n) is 5.32. The fourth-order valence-electron chi connectivity index (χ4n) is 2.36. The summed E-state index contributed by atoms with van der Waals surface area (Å²) in [5.41, 5.74) is 1.14. The number of hydrogen-bond donors (Lipinski definition) is 2. The summed E-state index contributed by atoms with van der Waals surface area (Å²) in [5, 5.41) is 22.2. The van der Waals surface area contributed by atoms with Gasteiger partial charge >= 0.3 is 0 Å². The van der Waals surface area contributed by atoms with E-state index in [1.165, 1.54) is 30.4 Å². The summed E-state index contributed by atoms with van der Waals surface area (Å²) in [7, 11) is -3.48. The van der Waals surface area contributed by atoms with Gasteiger partial charge in [0.25, 0.3) is 5.91 Å². The normalized spacial score (nSPS) is 14.6. The average Bonchev–Trinajstić information content (AvgIpc) is 2.87. The molecule has 0 saturated heterocycles. The smallest absolute Gasteiger partial charge is 0.266 e. The van der Waals surface area contributed by atoms with Gasteiger partial charge in [-0.25, -0.2) is 8.42 Å². The number of rotatable bonds is 3. The number of carbonyl (C=O) groups excluding carboxylic acids is 1. The SMILES string of the molecule is N#C/C(=C\c1cccc(O)c1)C(=O)Nc1ccc2c(c1)S(=O)(=O)C=C2. The molecule has 1 aliphatic heterocycles. The van der Waals surface area contributed by atoms with Gasteiger partial charge in [0.1, 0.15) is 17.4 Å². The van der Waals surface area contributed by atoms with E-state index in [4.69, 9.17) is 0 Å². The predicted molar refractivity (Wildman–Crippen MR) is 93.0 cm³/mol. The lowest BCUT2D eigenvalue weighted by Gasteiger charge is -2.07. The summed E-state index contributed by atoms with van der Waals surface area (Å²) in [5.74, 6) is -0.656. The van der Waals surface area contributed by atoms with Crippen molar-refractivity contribution in [3.8, 4) is 11.8 Å². The number of nitrogens with one attached hydrogen (secondary N) is 1. The van der Waals surface area contributed by atoms with Crippen LogP contribution in [0.5, 0.6) is 5.75 Å². The number of carbonyl (C=O) groups is 1. The van der Waals surface area contributed by atoms with Crippen LogP contribution in [-0.2, 0) is 14.6 Å². The predicted octanol–water partition coefficient (Wildman–Crippen LogP) is 2.70. The topological polar surface area (TPSA) is 107 Å². The third-order valence-electron chi connectivity index (χ3n) is 3.55.